The second-order valence-corrected chi connectivity index (χ2v) is 5.96. The third-order valence-corrected chi connectivity index (χ3v) is 4.17. The molecule has 3 aromatic rings. The maximum Gasteiger partial charge on any atom is 0.119 e. The molecule has 0 atom stereocenters. The number of nitrogens with zero attached hydrogens (tertiary/aromatic N) is 3. The lowest BCUT2D eigenvalue weighted by Gasteiger charge is -2.09. The standard InChI is InChI=1S/C21H23N3O/c1-2-19-8-3-4-9-20(19)17-25-21-12-10-18(11-13-21)7-5-6-15-24-16-14-22-23-24/h2-4,8-14,16H,1,5-7,15,17H2. The number of ether oxygens (including phenoxy) is 1. The molecule has 0 N–H and O–H groups in total. The highest BCUT2D eigenvalue weighted by Crippen LogP contribution is 2.17. The molecule has 0 radical (unpaired) electrons. The number of benzene rings is 2. The van der Waals surface area contributed by atoms with Crippen LogP contribution in [0.3, 0.4) is 0 Å². The van der Waals surface area contributed by atoms with Crippen molar-refractivity contribution in [1.82, 2.24) is 15.0 Å². The summed E-state index contributed by atoms with van der Waals surface area (Å²) in [5, 5.41) is 7.79. The molecule has 0 aliphatic rings. The van der Waals surface area contributed by atoms with Crippen LogP contribution in [0.4, 0.5) is 0 Å². The first-order chi connectivity index (χ1) is 12.3. The van der Waals surface area contributed by atoms with Gasteiger partial charge in [0, 0.05) is 12.7 Å². The average Bonchev–Trinajstić information content (AvgIpc) is 3.18. The smallest absolute Gasteiger partial charge is 0.119 e. The summed E-state index contributed by atoms with van der Waals surface area (Å²) < 4.78 is 7.77. The molecule has 4 nitrogen and oxygen atoms in total. The molecule has 128 valence electrons. The zero-order valence-electron chi connectivity index (χ0n) is 14.3. The van der Waals surface area contributed by atoms with Gasteiger partial charge in [0.1, 0.15) is 12.4 Å². The Balaban J connectivity index is 1.44. The maximum absolute atomic E-state index is 5.90. The van der Waals surface area contributed by atoms with Crippen LogP contribution in [0.5, 0.6) is 5.75 Å². The van der Waals surface area contributed by atoms with Crippen LogP contribution in [0.25, 0.3) is 6.08 Å². The molecule has 1 heterocycles. The maximum atomic E-state index is 5.90. The Bertz CT molecular complexity index is 779. The highest BCUT2D eigenvalue weighted by Gasteiger charge is 2.01. The van der Waals surface area contributed by atoms with Gasteiger partial charge < -0.3 is 4.74 Å². The largest absolute Gasteiger partial charge is 0.489 e. The van der Waals surface area contributed by atoms with E-state index in [1.54, 1.807) is 6.20 Å². The van der Waals surface area contributed by atoms with Crippen LogP contribution in [-0.2, 0) is 19.6 Å². The van der Waals surface area contributed by atoms with Crippen LogP contribution >= 0.6 is 0 Å². The van der Waals surface area contributed by atoms with Crippen LogP contribution in [0.2, 0.25) is 0 Å². The van der Waals surface area contributed by atoms with Crippen molar-refractivity contribution in [3.8, 4) is 5.75 Å². The molecule has 0 spiro atoms. The van der Waals surface area contributed by atoms with E-state index < -0.39 is 0 Å². The predicted octanol–water partition coefficient (Wildman–Crippen LogP) is 4.52. The molecule has 0 saturated heterocycles. The summed E-state index contributed by atoms with van der Waals surface area (Å²) in [6.07, 6.45) is 8.77. The van der Waals surface area contributed by atoms with Gasteiger partial charge in [-0.1, -0.05) is 54.3 Å². The molecule has 1 aromatic heterocycles. The van der Waals surface area contributed by atoms with Crippen molar-refractivity contribution in [3.63, 3.8) is 0 Å². The summed E-state index contributed by atoms with van der Waals surface area (Å²) in [7, 11) is 0. The van der Waals surface area contributed by atoms with Crippen molar-refractivity contribution in [1.29, 1.82) is 0 Å². The first kappa shape index (κ1) is 17.0. The second-order valence-electron chi connectivity index (χ2n) is 5.96. The SMILES string of the molecule is C=Cc1ccccc1COc1ccc(CCCCn2ccnn2)cc1. The molecule has 4 heteroatoms. The molecular weight excluding hydrogens is 310 g/mol. The molecule has 0 aliphatic carbocycles. The van der Waals surface area contributed by atoms with Crippen molar-refractivity contribution in [2.75, 3.05) is 0 Å². The molecular formula is C21H23N3O. The van der Waals surface area contributed by atoms with Crippen molar-refractivity contribution in [2.45, 2.75) is 32.4 Å². The van der Waals surface area contributed by atoms with Crippen LogP contribution in [-0.4, -0.2) is 15.0 Å². The molecule has 25 heavy (non-hydrogen) atoms. The Morgan fingerprint density at radius 3 is 2.64 bits per heavy atom. The fourth-order valence-electron chi connectivity index (χ4n) is 2.73. The van der Waals surface area contributed by atoms with E-state index in [0.717, 1.165) is 42.7 Å². The quantitative estimate of drug-likeness (QED) is 0.540. The molecule has 0 unspecified atom stereocenters. The van der Waals surface area contributed by atoms with Gasteiger partial charge in [-0.25, -0.2) is 0 Å². The Hall–Kier alpha value is -2.88. The molecule has 2 aromatic carbocycles. The minimum absolute atomic E-state index is 0.555. The first-order valence-corrected chi connectivity index (χ1v) is 8.61. The number of hydrogen-bond donors (Lipinski definition) is 0. The van der Waals surface area contributed by atoms with Gasteiger partial charge >= 0.3 is 0 Å². The van der Waals surface area contributed by atoms with E-state index in [0.29, 0.717) is 6.61 Å². The van der Waals surface area contributed by atoms with Crippen LogP contribution in [0.15, 0.2) is 67.5 Å². The Morgan fingerprint density at radius 1 is 1.04 bits per heavy atom. The summed E-state index contributed by atoms with van der Waals surface area (Å²) in [5.41, 5.74) is 3.60. The van der Waals surface area contributed by atoms with Gasteiger partial charge in [-0.2, -0.15) is 0 Å². The number of aromatic nitrogens is 3. The number of rotatable bonds is 9. The van der Waals surface area contributed by atoms with Gasteiger partial charge in [-0.3, -0.25) is 4.68 Å². The molecule has 0 saturated carbocycles. The Kier molecular flexibility index (Phi) is 5.99. The van der Waals surface area contributed by atoms with Crippen molar-refractivity contribution in [2.24, 2.45) is 0 Å². The normalized spacial score (nSPS) is 10.6. The molecule has 3 rings (SSSR count). The lowest BCUT2D eigenvalue weighted by atomic mass is 10.1. The molecule has 0 bridgehead atoms. The van der Waals surface area contributed by atoms with Crippen molar-refractivity contribution >= 4 is 6.08 Å². The van der Waals surface area contributed by atoms with Gasteiger partial charge in [0.2, 0.25) is 0 Å². The minimum Gasteiger partial charge on any atom is -0.489 e. The molecule has 0 aliphatic heterocycles. The van der Waals surface area contributed by atoms with Gasteiger partial charge in [0.05, 0.1) is 6.20 Å². The highest BCUT2D eigenvalue weighted by molar-refractivity contribution is 5.51. The number of unbranched alkanes of at least 4 members (excludes halogenated alkanes) is 1. The van der Waals surface area contributed by atoms with Crippen molar-refractivity contribution in [3.05, 3.63) is 84.2 Å². The van der Waals surface area contributed by atoms with E-state index in [1.165, 1.54) is 5.56 Å². The van der Waals surface area contributed by atoms with Gasteiger partial charge in [-0.05, 0) is 48.1 Å². The lowest BCUT2D eigenvalue weighted by molar-refractivity contribution is 0.306. The van der Waals surface area contributed by atoms with Crippen LogP contribution in [0, 0.1) is 0 Å². The van der Waals surface area contributed by atoms with Crippen LogP contribution < -0.4 is 4.74 Å². The van der Waals surface area contributed by atoms with Crippen LogP contribution in [0.1, 0.15) is 29.5 Å². The van der Waals surface area contributed by atoms with E-state index in [-0.39, 0.29) is 0 Å². The summed E-state index contributed by atoms with van der Waals surface area (Å²) in [6.45, 7) is 5.32. The third kappa shape index (κ3) is 5.05. The van der Waals surface area contributed by atoms with E-state index in [9.17, 15) is 0 Å². The Morgan fingerprint density at radius 2 is 1.88 bits per heavy atom. The monoisotopic (exact) mass is 333 g/mol. The van der Waals surface area contributed by atoms with E-state index in [4.69, 9.17) is 4.74 Å². The predicted molar refractivity (Wildman–Crippen MR) is 100 cm³/mol. The lowest BCUT2D eigenvalue weighted by Crippen LogP contribution is -2.00. The molecule has 0 fully saturated rings. The van der Waals surface area contributed by atoms with E-state index in [2.05, 4.69) is 35.1 Å². The fraction of sp³-hybridized carbons (Fsp3) is 0.238. The Labute approximate surface area is 148 Å². The van der Waals surface area contributed by atoms with Gasteiger partial charge in [0.15, 0.2) is 0 Å². The number of aryl methyl sites for hydroxylation is 2. The summed E-state index contributed by atoms with van der Waals surface area (Å²) in [6, 6.07) is 16.5. The second kappa shape index (κ2) is 8.83. The van der Waals surface area contributed by atoms with E-state index in [1.807, 2.05) is 47.3 Å². The minimum atomic E-state index is 0.555. The zero-order valence-corrected chi connectivity index (χ0v) is 14.3. The summed E-state index contributed by atoms with van der Waals surface area (Å²) >= 11 is 0. The first-order valence-electron chi connectivity index (χ1n) is 8.61. The highest BCUT2D eigenvalue weighted by atomic mass is 16.5. The zero-order chi connectivity index (χ0) is 17.3. The van der Waals surface area contributed by atoms with E-state index >= 15 is 0 Å². The third-order valence-electron chi connectivity index (χ3n) is 4.17. The van der Waals surface area contributed by atoms with Gasteiger partial charge in [0.25, 0.3) is 0 Å². The van der Waals surface area contributed by atoms with Crippen molar-refractivity contribution < 1.29 is 4.74 Å². The summed E-state index contributed by atoms with van der Waals surface area (Å²) in [4.78, 5) is 0. The topological polar surface area (TPSA) is 39.9 Å². The molecule has 0 amide bonds. The number of hydrogen-bond acceptors (Lipinski definition) is 3. The summed E-state index contributed by atoms with van der Waals surface area (Å²) in [5.74, 6) is 0.894. The van der Waals surface area contributed by atoms with Gasteiger partial charge in [-0.15, -0.1) is 5.10 Å². The fourth-order valence-corrected chi connectivity index (χ4v) is 2.73. The average molecular weight is 333 g/mol.